The van der Waals surface area contributed by atoms with Crippen LogP contribution in [0.2, 0.25) is 0 Å². The molecule has 30 heavy (non-hydrogen) atoms. The summed E-state index contributed by atoms with van der Waals surface area (Å²) >= 11 is 0. The van der Waals surface area contributed by atoms with Crippen molar-refractivity contribution >= 4 is 17.3 Å². The molecule has 4 rings (SSSR count). The zero-order valence-electron chi connectivity index (χ0n) is 15.4. The first-order valence-electron chi connectivity index (χ1n) is 9.06. The van der Waals surface area contributed by atoms with Crippen LogP contribution in [0.4, 0.5) is 13.2 Å². The number of Topliss-reactive ketones (excluding diaryl/α,β-unsaturated/α-hetero) is 1. The molecular formula is C22H15F3N2O3. The summed E-state index contributed by atoms with van der Waals surface area (Å²) in [5.74, 6) is -3.28. The number of carbonyl (C=O) groups is 2. The molecule has 0 amide bonds. The van der Waals surface area contributed by atoms with Crippen molar-refractivity contribution in [3.05, 3.63) is 83.9 Å². The van der Waals surface area contributed by atoms with Gasteiger partial charge in [0.25, 0.3) is 0 Å². The van der Waals surface area contributed by atoms with E-state index in [4.69, 9.17) is 5.11 Å². The average Bonchev–Trinajstić information content (AvgIpc) is 3.12. The van der Waals surface area contributed by atoms with E-state index in [0.29, 0.717) is 16.8 Å². The predicted molar refractivity (Wildman–Crippen MR) is 103 cm³/mol. The first-order valence-corrected chi connectivity index (χ1v) is 9.06. The largest absolute Gasteiger partial charge is 0.478 e. The van der Waals surface area contributed by atoms with Gasteiger partial charge in [-0.25, -0.2) is 9.78 Å². The Morgan fingerprint density at radius 1 is 1.10 bits per heavy atom. The van der Waals surface area contributed by atoms with Gasteiger partial charge in [0.1, 0.15) is 0 Å². The number of halogens is 3. The second-order valence-electron chi connectivity index (χ2n) is 6.82. The number of alkyl halides is 3. The highest BCUT2D eigenvalue weighted by Crippen LogP contribution is 2.37. The van der Waals surface area contributed by atoms with Crippen LogP contribution in [0, 0.1) is 5.92 Å². The van der Waals surface area contributed by atoms with E-state index in [1.54, 1.807) is 36.5 Å². The van der Waals surface area contributed by atoms with E-state index in [1.807, 2.05) is 0 Å². The molecule has 3 aromatic rings. The number of carbonyl (C=O) groups excluding carboxylic acids is 1. The lowest BCUT2D eigenvalue weighted by Crippen LogP contribution is -2.28. The molecule has 0 saturated carbocycles. The standard InChI is InChI=1S/C22H15F3N2O3/c23-22(24,25)16-6-2-1-5-15(16)19(28)20-26-18(17-7-3-4-12-27(17)20)13-8-10-14(11-9-13)21(29)30/h1-4,6-12,15H,5H2,(H,29,30). The van der Waals surface area contributed by atoms with Gasteiger partial charge in [0.15, 0.2) is 5.82 Å². The van der Waals surface area contributed by atoms with E-state index in [1.165, 1.54) is 28.7 Å². The van der Waals surface area contributed by atoms with E-state index in [-0.39, 0.29) is 17.8 Å². The summed E-state index contributed by atoms with van der Waals surface area (Å²) in [7, 11) is 0. The number of allylic oxidation sites excluding steroid dienone is 4. The van der Waals surface area contributed by atoms with E-state index in [2.05, 4.69) is 4.98 Å². The maximum Gasteiger partial charge on any atom is 0.413 e. The lowest BCUT2D eigenvalue weighted by Gasteiger charge is -2.21. The minimum Gasteiger partial charge on any atom is -0.478 e. The highest BCUT2D eigenvalue weighted by Gasteiger charge is 2.42. The van der Waals surface area contributed by atoms with Gasteiger partial charge in [-0.05, 0) is 30.7 Å². The van der Waals surface area contributed by atoms with Crippen LogP contribution in [0.15, 0.2) is 72.5 Å². The Morgan fingerprint density at radius 2 is 1.83 bits per heavy atom. The lowest BCUT2D eigenvalue weighted by atomic mass is 9.87. The Hall–Kier alpha value is -3.68. The van der Waals surface area contributed by atoms with Crippen molar-refractivity contribution in [2.45, 2.75) is 12.6 Å². The highest BCUT2D eigenvalue weighted by atomic mass is 19.4. The number of carboxylic acid groups (broad SMARTS) is 1. The van der Waals surface area contributed by atoms with Crippen molar-refractivity contribution in [1.82, 2.24) is 9.38 Å². The average molecular weight is 412 g/mol. The van der Waals surface area contributed by atoms with Crippen LogP contribution in [-0.4, -0.2) is 32.4 Å². The monoisotopic (exact) mass is 412 g/mol. The third-order valence-corrected chi connectivity index (χ3v) is 4.98. The second-order valence-corrected chi connectivity index (χ2v) is 6.82. The van der Waals surface area contributed by atoms with Crippen LogP contribution in [0.1, 0.15) is 27.4 Å². The molecule has 0 spiro atoms. The molecule has 1 unspecified atom stereocenters. The van der Waals surface area contributed by atoms with Crippen LogP contribution in [-0.2, 0) is 0 Å². The number of nitrogens with zero attached hydrogens (tertiary/aromatic N) is 2. The van der Waals surface area contributed by atoms with Gasteiger partial charge in [-0.1, -0.05) is 36.4 Å². The maximum absolute atomic E-state index is 13.4. The first-order chi connectivity index (χ1) is 14.3. The smallest absolute Gasteiger partial charge is 0.413 e. The summed E-state index contributed by atoms with van der Waals surface area (Å²) in [4.78, 5) is 28.6. The van der Waals surface area contributed by atoms with Gasteiger partial charge in [-0.2, -0.15) is 13.2 Å². The molecule has 1 aromatic carbocycles. The van der Waals surface area contributed by atoms with Crippen molar-refractivity contribution in [2.75, 3.05) is 0 Å². The summed E-state index contributed by atoms with van der Waals surface area (Å²) in [6, 6.07) is 11.0. The molecule has 0 fully saturated rings. The molecule has 152 valence electrons. The maximum atomic E-state index is 13.4. The Morgan fingerprint density at radius 3 is 2.50 bits per heavy atom. The zero-order valence-corrected chi connectivity index (χ0v) is 15.4. The molecule has 2 aromatic heterocycles. The number of fused-ring (bicyclic) bond motifs is 1. The van der Waals surface area contributed by atoms with Gasteiger partial charge in [-0.15, -0.1) is 0 Å². The van der Waals surface area contributed by atoms with Crippen LogP contribution < -0.4 is 0 Å². The van der Waals surface area contributed by atoms with Crippen molar-refractivity contribution in [2.24, 2.45) is 5.92 Å². The van der Waals surface area contributed by atoms with Crippen LogP contribution in [0.3, 0.4) is 0 Å². The Labute approximate surface area is 168 Å². The molecular weight excluding hydrogens is 397 g/mol. The third kappa shape index (κ3) is 3.41. The first kappa shape index (κ1) is 19.6. The molecule has 0 aliphatic heterocycles. The number of pyridine rings is 1. The SMILES string of the molecule is O=C(O)c1ccc(-c2nc(C(=O)C3CC=CC=C3C(F)(F)F)n3ccccc23)cc1. The normalized spacial score (nSPS) is 16.5. The molecule has 1 aliphatic carbocycles. The summed E-state index contributed by atoms with van der Waals surface area (Å²) in [5, 5.41) is 9.06. The molecule has 2 heterocycles. The predicted octanol–water partition coefficient (Wildman–Crippen LogP) is 4.95. The van der Waals surface area contributed by atoms with Crippen molar-refractivity contribution in [3.63, 3.8) is 0 Å². The zero-order chi connectivity index (χ0) is 21.5. The Bertz CT molecular complexity index is 1200. The van der Waals surface area contributed by atoms with E-state index in [9.17, 15) is 22.8 Å². The van der Waals surface area contributed by atoms with Gasteiger partial charge in [-0.3, -0.25) is 9.20 Å². The number of hydrogen-bond donors (Lipinski definition) is 1. The minimum absolute atomic E-state index is 0.0609. The number of imidazole rings is 1. The van der Waals surface area contributed by atoms with E-state index in [0.717, 1.165) is 6.08 Å². The van der Waals surface area contributed by atoms with E-state index < -0.39 is 29.4 Å². The third-order valence-electron chi connectivity index (χ3n) is 4.98. The van der Waals surface area contributed by atoms with Gasteiger partial charge in [0, 0.05) is 17.3 Å². The van der Waals surface area contributed by atoms with E-state index >= 15 is 0 Å². The molecule has 1 aliphatic rings. The van der Waals surface area contributed by atoms with Crippen molar-refractivity contribution < 1.29 is 27.9 Å². The van der Waals surface area contributed by atoms with Gasteiger partial charge in [0.2, 0.25) is 5.78 Å². The Kier molecular flexibility index (Phi) is 4.77. The molecule has 0 bridgehead atoms. The van der Waals surface area contributed by atoms with Gasteiger partial charge < -0.3 is 5.11 Å². The van der Waals surface area contributed by atoms with Gasteiger partial charge in [0.05, 0.1) is 22.7 Å². The number of aromatic carboxylic acids is 1. The molecule has 1 atom stereocenters. The van der Waals surface area contributed by atoms with Crippen molar-refractivity contribution in [1.29, 1.82) is 0 Å². The number of hydrogen-bond acceptors (Lipinski definition) is 3. The number of carboxylic acids is 1. The highest BCUT2D eigenvalue weighted by molar-refractivity contribution is 5.99. The molecule has 8 heteroatoms. The summed E-state index contributed by atoms with van der Waals surface area (Å²) in [5.41, 5.74) is 0.674. The fraction of sp³-hybridized carbons (Fsp3) is 0.136. The molecule has 0 saturated heterocycles. The quantitative estimate of drug-likeness (QED) is 0.616. The van der Waals surface area contributed by atoms with Crippen LogP contribution in [0.5, 0.6) is 0 Å². The molecule has 0 radical (unpaired) electrons. The summed E-state index contributed by atoms with van der Waals surface area (Å²) in [6.45, 7) is 0. The van der Waals surface area contributed by atoms with Gasteiger partial charge >= 0.3 is 12.1 Å². The fourth-order valence-electron chi connectivity index (χ4n) is 3.52. The van der Waals surface area contributed by atoms with Crippen molar-refractivity contribution in [3.8, 4) is 11.3 Å². The number of aromatic nitrogens is 2. The second kappa shape index (κ2) is 7.29. The minimum atomic E-state index is -4.62. The summed E-state index contributed by atoms with van der Waals surface area (Å²) < 4.78 is 41.7. The fourth-order valence-corrected chi connectivity index (χ4v) is 3.52. The molecule has 5 nitrogen and oxygen atoms in total. The Balaban J connectivity index is 1.81. The molecule has 1 N–H and O–H groups in total. The van der Waals surface area contributed by atoms with Crippen LogP contribution >= 0.6 is 0 Å². The number of ketones is 1. The number of benzene rings is 1. The topological polar surface area (TPSA) is 71.7 Å². The van der Waals surface area contributed by atoms with Crippen LogP contribution in [0.25, 0.3) is 16.8 Å². The summed E-state index contributed by atoms with van der Waals surface area (Å²) in [6.07, 6.45) is 0.640. The lowest BCUT2D eigenvalue weighted by molar-refractivity contribution is -0.0977. The number of rotatable bonds is 4.